The zero-order valence-corrected chi connectivity index (χ0v) is 11.7. The Bertz CT molecular complexity index is 488. The fourth-order valence-corrected chi connectivity index (χ4v) is 2.41. The predicted octanol–water partition coefficient (Wildman–Crippen LogP) is 1.12. The van der Waals surface area contributed by atoms with Crippen molar-refractivity contribution in [3.05, 3.63) is 29.8 Å². The smallest absolute Gasteiger partial charge is 0.307 e. The number of para-hydroxylation sites is 1. The second-order valence-electron chi connectivity index (χ2n) is 4.83. The van der Waals surface area contributed by atoms with Gasteiger partial charge in [-0.05, 0) is 24.5 Å². The summed E-state index contributed by atoms with van der Waals surface area (Å²) in [6, 6.07) is 8.18. The highest BCUT2D eigenvalue weighted by Crippen LogP contribution is 2.26. The molecule has 0 bridgehead atoms. The molecule has 0 radical (unpaired) electrons. The lowest BCUT2D eigenvalue weighted by Gasteiger charge is -2.30. The molecule has 108 valence electrons. The van der Waals surface area contributed by atoms with E-state index < -0.39 is 0 Å². The number of hydrogen-bond donors (Lipinski definition) is 1. The van der Waals surface area contributed by atoms with Gasteiger partial charge in [-0.3, -0.25) is 9.59 Å². The molecule has 0 saturated heterocycles. The van der Waals surface area contributed by atoms with Crippen LogP contribution in [0.1, 0.15) is 18.4 Å². The number of carbonyl (C=O) groups excluding carboxylic acids is 2. The molecule has 1 N–H and O–H groups in total. The number of methoxy groups -OCH3 is 1. The summed E-state index contributed by atoms with van der Waals surface area (Å²) in [6.07, 6.45) is 2.34. The third kappa shape index (κ3) is 3.73. The number of fused-ring (bicyclic) bond motifs is 1. The second-order valence-corrected chi connectivity index (χ2v) is 4.83. The molecular weight excluding hydrogens is 256 g/mol. The van der Waals surface area contributed by atoms with Crippen LogP contribution in [0.5, 0.6) is 0 Å². The van der Waals surface area contributed by atoms with Crippen LogP contribution in [0.3, 0.4) is 0 Å². The quantitative estimate of drug-likeness (QED) is 0.819. The van der Waals surface area contributed by atoms with Gasteiger partial charge in [0.05, 0.1) is 20.1 Å². The van der Waals surface area contributed by atoms with E-state index in [1.165, 1.54) is 12.7 Å². The molecule has 2 rings (SSSR count). The van der Waals surface area contributed by atoms with E-state index in [-0.39, 0.29) is 18.3 Å². The van der Waals surface area contributed by atoms with E-state index in [1.54, 1.807) is 0 Å². The first-order valence-corrected chi connectivity index (χ1v) is 6.87. The van der Waals surface area contributed by atoms with Crippen molar-refractivity contribution >= 4 is 17.6 Å². The summed E-state index contributed by atoms with van der Waals surface area (Å²) in [4.78, 5) is 24.9. The number of amides is 1. The number of anilines is 1. The van der Waals surface area contributed by atoms with E-state index in [0.717, 1.165) is 25.1 Å². The van der Waals surface area contributed by atoms with E-state index >= 15 is 0 Å². The Morgan fingerprint density at radius 2 is 2.15 bits per heavy atom. The van der Waals surface area contributed by atoms with Gasteiger partial charge in [-0.25, -0.2) is 0 Å². The standard InChI is InChI=1S/C15H20N2O3/c1-20-15(19)8-9-16-14(18)11-17-10-4-6-12-5-2-3-7-13(12)17/h2-3,5,7H,4,6,8-11H2,1H3,(H,16,18). The Labute approximate surface area is 118 Å². The SMILES string of the molecule is COC(=O)CCNC(=O)CN1CCCc2ccccc21. The Morgan fingerprint density at radius 1 is 1.35 bits per heavy atom. The van der Waals surface area contributed by atoms with E-state index in [9.17, 15) is 9.59 Å². The van der Waals surface area contributed by atoms with Crippen LogP contribution in [0.4, 0.5) is 5.69 Å². The van der Waals surface area contributed by atoms with Gasteiger partial charge in [0.1, 0.15) is 0 Å². The van der Waals surface area contributed by atoms with Gasteiger partial charge in [-0.15, -0.1) is 0 Å². The fourth-order valence-electron chi connectivity index (χ4n) is 2.41. The van der Waals surface area contributed by atoms with Crippen molar-refractivity contribution in [2.75, 3.05) is 31.6 Å². The zero-order chi connectivity index (χ0) is 14.4. The molecule has 0 saturated carbocycles. The van der Waals surface area contributed by atoms with Crippen LogP contribution in [0.2, 0.25) is 0 Å². The van der Waals surface area contributed by atoms with E-state index in [2.05, 4.69) is 27.1 Å². The van der Waals surface area contributed by atoms with Crippen molar-refractivity contribution < 1.29 is 14.3 Å². The number of benzene rings is 1. The molecule has 1 amide bonds. The summed E-state index contributed by atoms with van der Waals surface area (Å²) in [5.74, 6) is -0.376. The van der Waals surface area contributed by atoms with Crippen LogP contribution < -0.4 is 10.2 Å². The molecule has 0 aliphatic carbocycles. The number of rotatable bonds is 5. The molecule has 0 unspecified atom stereocenters. The number of nitrogens with one attached hydrogen (secondary N) is 1. The minimum absolute atomic E-state index is 0.0643. The highest BCUT2D eigenvalue weighted by Gasteiger charge is 2.18. The number of carbonyl (C=O) groups is 2. The van der Waals surface area contributed by atoms with Crippen molar-refractivity contribution in [3.63, 3.8) is 0 Å². The van der Waals surface area contributed by atoms with Gasteiger partial charge >= 0.3 is 5.97 Å². The average molecular weight is 276 g/mol. The maximum Gasteiger partial charge on any atom is 0.307 e. The van der Waals surface area contributed by atoms with Crippen LogP contribution in [-0.2, 0) is 20.7 Å². The van der Waals surface area contributed by atoms with Gasteiger partial charge < -0.3 is 15.0 Å². The third-order valence-corrected chi connectivity index (χ3v) is 3.42. The van der Waals surface area contributed by atoms with E-state index in [0.29, 0.717) is 13.1 Å². The topological polar surface area (TPSA) is 58.6 Å². The molecule has 0 fully saturated rings. The largest absolute Gasteiger partial charge is 0.469 e. The van der Waals surface area contributed by atoms with Crippen LogP contribution in [0, 0.1) is 0 Å². The summed E-state index contributed by atoms with van der Waals surface area (Å²) in [5.41, 5.74) is 2.43. The van der Waals surface area contributed by atoms with Gasteiger partial charge in [-0.1, -0.05) is 18.2 Å². The second kappa shape index (κ2) is 6.93. The maximum absolute atomic E-state index is 11.9. The zero-order valence-electron chi connectivity index (χ0n) is 11.7. The molecule has 1 aliphatic rings. The lowest BCUT2D eigenvalue weighted by atomic mass is 10.0. The summed E-state index contributed by atoms with van der Waals surface area (Å²) in [5, 5.41) is 2.74. The van der Waals surface area contributed by atoms with Crippen molar-refractivity contribution in [3.8, 4) is 0 Å². The molecule has 1 aromatic rings. The first-order valence-electron chi connectivity index (χ1n) is 6.87. The summed E-state index contributed by atoms with van der Waals surface area (Å²) in [7, 11) is 1.34. The number of ether oxygens (including phenoxy) is 1. The van der Waals surface area contributed by atoms with Gasteiger partial charge in [0.25, 0.3) is 0 Å². The monoisotopic (exact) mass is 276 g/mol. The Hall–Kier alpha value is -2.04. The average Bonchev–Trinajstić information content (AvgIpc) is 2.47. The molecule has 20 heavy (non-hydrogen) atoms. The highest BCUT2D eigenvalue weighted by molar-refractivity contribution is 5.82. The molecule has 1 aromatic carbocycles. The number of aryl methyl sites for hydroxylation is 1. The van der Waals surface area contributed by atoms with Crippen molar-refractivity contribution in [1.82, 2.24) is 5.32 Å². The van der Waals surface area contributed by atoms with Gasteiger partial charge in [0.2, 0.25) is 5.91 Å². The van der Waals surface area contributed by atoms with Gasteiger partial charge in [0.15, 0.2) is 0 Å². The molecule has 5 heteroatoms. The normalized spacial score (nSPS) is 13.6. The van der Waals surface area contributed by atoms with Crippen LogP contribution in [-0.4, -0.2) is 38.6 Å². The lowest BCUT2D eigenvalue weighted by molar-refractivity contribution is -0.140. The molecule has 1 heterocycles. The minimum atomic E-state index is -0.311. The number of esters is 1. The number of hydrogen-bond acceptors (Lipinski definition) is 4. The first kappa shape index (κ1) is 14.4. The van der Waals surface area contributed by atoms with Crippen molar-refractivity contribution in [1.29, 1.82) is 0 Å². The maximum atomic E-state index is 11.9. The molecule has 0 atom stereocenters. The summed E-state index contributed by atoms with van der Waals surface area (Å²) in [6.45, 7) is 1.54. The molecule has 1 aliphatic heterocycles. The summed E-state index contributed by atoms with van der Waals surface area (Å²) < 4.78 is 4.53. The summed E-state index contributed by atoms with van der Waals surface area (Å²) >= 11 is 0. The lowest BCUT2D eigenvalue weighted by Crippen LogP contribution is -2.40. The van der Waals surface area contributed by atoms with Crippen LogP contribution in [0.25, 0.3) is 0 Å². The Kier molecular flexibility index (Phi) is 4.98. The third-order valence-electron chi connectivity index (χ3n) is 3.42. The molecular formula is C15H20N2O3. The number of nitrogens with zero attached hydrogens (tertiary/aromatic N) is 1. The van der Waals surface area contributed by atoms with Crippen molar-refractivity contribution in [2.45, 2.75) is 19.3 Å². The Balaban J connectivity index is 1.85. The van der Waals surface area contributed by atoms with Crippen LogP contribution in [0.15, 0.2) is 24.3 Å². The predicted molar refractivity (Wildman–Crippen MR) is 76.6 cm³/mol. The van der Waals surface area contributed by atoms with E-state index in [4.69, 9.17) is 0 Å². The molecule has 0 spiro atoms. The highest BCUT2D eigenvalue weighted by atomic mass is 16.5. The van der Waals surface area contributed by atoms with Crippen molar-refractivity contribution in [2.24, 2.45) is 0 Å². The first-order chi connectivity index (χ1) is 9.70. The molecule has 0 aromatic heterocycles. The van der Waals surface area contributed by atoms with Gasteiger partial charge in [-0.2, -0.15) is 0 Å². The molecule has 5 nitrogen and oxygen atoms in total. The van der Waals surface area contributed by atoms with E-state index in [1.807, 2.05) is 12.1 Å². The minimum Gasteiger partial charge on any atom is -0.469 e. The fraction of sp³-hybridized carbons (Fsp3) is 0.467. The van der Waals surface area contributed by atoms with Gasteiger partial charge in [0, 0.05) is 18.8 Å². The Morgan fingerprint density at radius 3 is 2.95 bits per heavy atom. The van der Waals surface area contributed by atoms with Crippen LogP contribution >= 0.6 is 0 Å².